The summed E-state index contributed by atoms with van der Waals surface area (Å²) in [5.74, 6) is 0.201. The first-order valence-electron chi connectivity index (χ1n) is 9.73. The topological polar surface area (TPSA) is 38.3 Å². The summed E-state index contributed by atoms with van der Waals surface area (Å²) in [5.41, 5.74) is -0.411. The molecule has 6 heteroatoms. The van der Waals surface area contributed by atoms with Crippen LogP contribution in [0.2, 0.25) is 0 Å². The van der Waals surface area contributed by atoms with E-state index in [4.69, 9.17) is 0 Å². The predicted molar refractivity (Wildman–Crippen MR) is 107 cm³/mol. The first kappa shape index (κ1) is 24.1. The number of benzene rings is 1. The number of ether oxygens (including phenoxy) is 1. The molecule has 0 aliphatic rings. The summed E-state index contributed by atoms with van der Waals surface area (Å²) in [6.45, 7) is 14.1. The minimum absolute atomic E-state index is 0.100. The monoisotopic (exact) mass is 399 g/mol. The second-order valence-electron chi connectivity index (χ2n) is 8.19. The summed E-state index contributed by atoms with van der Waals surface area (Å²) in [4.78, 5) is 13.0. The zero-order chi connectivity index (χ0) is 21.5. The Kier molecular flexibility index (Phi) is 8.58. The van der Waals surface area contributed by atoms with Crippen molar-refractivity contribution in [1.29, 1.82) is 0 Å². The van der Waals surface area contributed by atoms with Crippen LogP contribution in [0, 0.1) is 17.3 Å². The van der Waals surface area contributed by atoms with Gasteiger partial charge in [-0.25, -0.2) is 0 Å². The number of amides is 1. The molecule has 0 radical (unpaired) electrons. The number of carbonyl (C=O) groups excluding carboxylic acids is 1. The van der Waals surface area contributed by atoms with Crippen LogP contribution < -0.4 is 10.1 Å². The van der Waals surface area contributed by atoms with Crippen molar-refractivity contribution in [3.05, 3.63) is 36.4 Å². The molecule has 1 aromatic carbocycles. The highest BCUT2D eigenvalue weighted by atomic mass is 19.4. The molecule has 0 saturated carbocycles. The second kappa shape index (κ2) is 9.99. The van der Waals surface area contributed by atoms with Gasteiger partial charge in [-0.05, 0) is 43.2 Å². The molecule has 0 fully saturated rings. The standard InChI is InChI=1S/C22H32F3NO2/c1-7-16(4)12-13-21(6,14-15(2)3)20(27)26-17(5)18-10-8-9-11-19(18)28-22(23,24)25/h8-11,15-16H,5,7,12-14H2,1-4,6H3,(H,26,27). The normalized spacial score (nSPS) is 15.0. The highest BCUT2D eigenvalue weighted by Gasteiger charge is 2.35. The van der Waals surface area contributed by atoms with E-state index >= 15 is 0 Å². The van der Waals surface area contributed by atoms with Crippen LogP contribution in [0.5, 0.6) is 5.75 Å². The van der Waals surface area contributed by atoms with Gasteiger partial charge in [-0.15, -0.1) is 13.2 Å². The van der Waals surface area contributed by atoms with Crippen molar-refractivity contribution >= 4 is 11.6 Å². The molecular weight excluding hydrogens is 367 g/mol. The van der Waals surface area contributed by atoms with Crippen LogP contribution in [0.15, 0.2) is 30.8 Å². The van der Waals surface area contributed by atoms with Crippen LogP contribution in [0.4, 0.5) is 13.2 Å². The maximum absolute atomic E-state index is 13.0. The van der Waals surface area contributed by atoms with Crippen molar-refractivity contribution in [2.45, 2.75) is 66.7 Å². The number of carbonyl (C=O) groups is 1. The van der Waals surface area contributed by atoms with Crippen LogP contribution >= 0.6 is 0 Å². The molecule has 1 amide bonds. The molecule has 2 atom stereocenters. The molecule has 0 aromatic heterocycles. The van der Waals surface area contributed by atoms with Gasteiger partial charge in [0.05, 0.1) is 0 Å². The Bertz CT molecular complexity index is 670. The number of nitrogens with one attached hydrogen (secondary N) is 1. The van der Waals surface area contributed by atoms with Crippen LogP contribution in [0.3, 0.4) is 0 Å². The zero-order valence-corrected chi connectivity index (χ0v) is 17.5. The van der Waals surface area contributed by atoms with Crippen molar-refractivity contribution in [1.82, 2.24) is 5.32 Å². The van der Waals surface area contributed by atoms with E-state index in [1.165, 1.54) is 18.2 Å². The third-order valence-corrected chi connectivity index (χ3v) is 5.00. The highest BCUT2D eigenvalue weighted by molar-refractivity contribution is 5.91. The van der Waals surface area contributed by atoms with Gasteiger partial charge in [-0.1, -0.05) is 59.8 Å². The third-order valence-electron chi connectivity index (χ3n) is 5.00. The van der Waals surface area contributed by atoms with Crippen LogP contribution in [0.25, 0.3) is 5.70 Å². The van der Waals surface area contributed by atoms with Gasteiger partial charge in [0.15, 0.2) is 0 Å². The van der Waals surface area contributed by atoms with E-state index in [9.17, 15) is 18.0 Å². The summed E-state index contributed by atoms with van der Waals surface area (Å²) in [6, 6.07) is 5.67. The van der Waals surface area contributed by atoms with Crippen molar-refractivity contribution in [2.75, 3.05) is 0 Å². The number of hydrogen-bond donors (Lipinski definition) is 1. The van der Waals surface area contributed by atoms with E-state index in [0.717, 1.165) is 12.8 Å². The second-order valence-corrected chi connectivity index (χ2v) is 8.19. The van der Waals surface area contributed by atoms with Crippen LogP contribution in [-0.2, 0) is 4.79 Å². The fourth-order valence-electron chi connectivity index (χ4n) is 3.26. The van der Waals surface area contributed by atoms with Crippen LogP contribution in [-0.4, -0.2) is 12.3 Å². The van der Waals surface area contributed by atoms with Gasteiger partial charge in [0.1, 0.15) is 5.75 Å². The average molecular weight is 399 g/mol. The lowest BCUT2D eigenvalue weighted by molar-refractivity contribution is -0.274. The van der Waals surface area contributed by atoms with Crippen molar-refractivity contribution < 1.29 is 22.7 Å². The molecule has 0 spiro atoms. The largest absolute Gasteiger partial charge is 0.573 e. The smallest absolute Gasteiger partial charge is 0.405 e. The van der Waals surface area contributed by atoms with E-state index < -0.39 is 11.8 Å². The molecule has 158 valence electrons. The van der Waals surface area contributed by atoms with Gasteiger partial charge in [0.2, 0.25) is 5.91 Å². The summed E-state index contributed by atoms with van der Waals surface area (Å²) in [5, 5.41) is 2.73. The molecule has 1 aromatic rings. The van der Waals surface area contributed by atoms with Crippen molar-refractivity contribution in [3.63, 3.8) is 0 Å². The number of halogens is 3. The minimum atomic E-state index is -4.82. The molecule has 0 saturated heterocycles. The quantitative estimate of drug-likeness (QED) is 0.484. The van der Waals surface area contributed by atoms with E-state index in [1.54, 1.807) is 6.07 Å². The summed E-state index contributed by atoms with van der Waals surface area (Å²) < 4.78 is 42.0. The molecule has 1 N–H and O–H groups in total. The van der Waals surface area contributed by atoms with E-state index in [-0.39, 0.29) is 22.9 Å². The number of hydrogen-bond acceptors (Lipinski definition) is 2. The first-order chi connectivity index (χ1) is 12.9. The molecule has 3 nitrogen and oxygen atoms in total. The summed E-state index contributed by atoms with van der Waals surface area (Å²) >= 11 is 0. The zero-order valence-electron chi connectivity index (χ0n) is 17.5. The Balaban J connectivity index is 3.00. The van der Waals surface area contributed by atoms with Gasteiger partial charge >= 0.3 is 6.36 Å². The maximum Gasteiger partial charge on any atom is 0.573 e. The first-order valence-corrected chi connectivity index (χ1v) is 9.73. The Morgan fingerprint density at radius 2 is 1.82 bits per heavy atom. The molecule has 0 heterocycles. The summed E-state index contributed by atoms with van der Waals surface area (Å²) in [6.07, 6.45) is -1.48. The molecule has 1 rings (SSSR count). The van der Waals surface area contributed by atoms with Crippen LogP contribution in [0.1, 0.15) is 65.9 Å². The van der Waals surface area contributed by atoms with Crippen molar-refractivity contribution in [2.24, 2.45) is 17.3 Å². The molecule has 0 bridgehead atoms. The summed E-state index contributed by atoms with van der Waals surface area (Å²) in [7, 11) is 0. The fourth-order valence-corrected chi connectivity index (χ4v) is 3.26. The lowest BCUT2D eigenvalue weighted by atomic mass is 9.75. The van der Waals surface area contributed by atoms with Gasteiger partial charge in [0.25, 0.3) is 0 Å². The van der Waals surface area contributed by atoms with Crippen molar-refractivity contribution in [3.8, 4) is 5.75 Å². The lowest BCUT2D eigenvalue weighted by Gasteiger charge is -2.31. The Morgan fingerprint density at radius 3 is 2.36 bits per heavy atom. The SMILES string of the molecule is C=C(NC(=O)C(C)(CCC(C)CC)CC(C)C)c1ccccc1OC(F)(F)F. The highest BCUT2D eigenvalue weighted by Crippen LogP contribution is 2.35. The van der Waals surface area contributed by atoms with Gasteiger partial charge < -0.3 is 10.1 Å². The molecule has 28 heavy (non-hydrogen) atoms. The van der Waals surface area contributed by atoms with Gasteiger partial charge in [-0.2, -0.15) is 0 Å². The average Bonchev–Trinajstić information content (AvgIpc) is 2.57. The number of para-hydroxylation sites is 1. The lowest BCUT2D eigenvalue weighted by Crippen LogP contribution is -2.39. The third kappa shape index (κ3) is 7.56. The minimum Gasteiger partial charge on any atom is -0.405 e. The van der Waals surface area contributed by atoms with E-state index in [1.807, 2.05) is 6.92 Å². The Hall–Kier alpha value is -1.98. The molecule has 2 unspecified atom stereocenters. The molecule has 0 aliphatic carbocycles. The van der Waals surface area contributed by atoms with E-state index in [0.29, 0.717) is 24.7 Å². The van der Waals surface area contributed by atoms with E-state index in [2.05, 4.69) is 44.3 Å². The molecular formula is C22H32F3NO2. The predicted octanol–water partition coefficient (Wildman–Crippen LogP) is 6.55. The molecule has 0 aliphatic heterocycles. The Labute approximate surface area is 166 Å². The van der Waals surface area contributed by atoms with Gasteiger partial charge in [-0.3, -0.25) is 4.79 Å². The fraction of sp³-hybridized carbons (Fsp3) is 0.591. The maximum atomic E-state index is 13.0. The number of rotatable bonds is 10. The Morgan fingerprint density at radius 1 is 1.21 bits per heavy atom. The van der Waals surface area contributed by atoms with Gasteiger partial charge in [0, 0.05) is 16.7 Å². The number of alkyl halides is 3.